The van der Waals surface area contributed by atoms with Crippen molar-refractivity contribution in [2.24, 2.45) is 11.7 Å². The van der Waals surface area contributed by atoms with Gasteiger partial charge in [-0.15, -0.1) is 0 Å². The van der Waals surface area contributed by atoms with Crippen LogP contribution in [-0.4, -0.2) is 16.9 Å². The second-order valence-electron chi connectivity index (χ2n) is 4.64. The molecule has 2 atom stereocenters. The first-order valence-electron chi connectivity index (χ1n) is 6.19. The topological polar surface area (TPSA) is 68.0 Å². The first kappa shape index (κ1) is 12.0. The van der Waals surface area contributed by atoms with E-state index in [9.17, 15) is 4.79 Å². The van der Waals surface area contributed by atoms with Crippen molar-refractivity contribution in [2.75, 3.05) is 0 Å². The molecule has 92 valence electrons. The molecule has 4 heteroatoms. The van der Waals surface area contributed by atoms with Crippen molar-refractivity contribution in [2.45, 2.75) is 38.3 Å². The maximum atomic E-state index is 11.3. The van der Waals surface area contributed by atoms with Gasteiger partial charge in [-0.25, -0.2) is 0 Å². The highest BCUT2D eigenvalue weighted by atomic mass is 16.1. The highest BCUT2D eigenvalue weighted by molar-refractivity contribution is 5.77. The van der Waals surface area contributed by atoms with E-state index in [0.717, 1.165) is 31.4 Å². The predicted molar refractivity (Wildman–Crippen MR) is 66.0 cm³/mol. The van der Waals surface area contributed by atoms with Crippen LogP contribution >= 0.6 is 0 Å². The molecule has 1 heterocycles. The van der Waals surface area contributed by atoms with E-state index in [-0.39, 0.29) is 17.9 Å². The smallest absolute Gasteiger partial charge is 0.222 e. The average Bonchev–Trinajstić information content (AvgIpc) is 2.38. The molecule has 1 fully saturated rings. The number of carbonyl (C=O) groups excluding carboxylic acids is 1. The van der Waals surface area contributed by atoms with Crippen molar-refractivity contribution in [3.05, 3.63) is 30.1 Å². The van der Waals surface area contributed by atoms with Crippen LogP contribution in [-0.2, 0) is 11.3 Å². The average molecular weight is 233 g/mol. The zero-order valence-corrected chi connectivity index (χ0v) is 9.93. The van der Waals surface area contributed by atoms with Gasteiger partial charge in [0.2, 0.25) is 5.91 Å². The summed E-state index contributed by atoms with van der Waals surface area (Å²) in [4.78, 5) is 15.4. The molecular weight excluding hydrogens is 214 g/mol. The van der Waals surface area contributed by atoms with Gasteiger partial charge in [0.05, 0.1) is 5.92 Å². The molecule has 4 nitrogen and oxygen atoms in total. The summed E-state index contributed by atoms with van der Waals surface area (Å²) < 4.78 is 0. The van der Waals surface area contributed by atoms with Gasteiger partial charge in [-0.1, -0.05) is 18.9 Å². The molecule has 0 saturated heterocycles. The minimum Gasteiger partial charge on any atom is -0.369 e. The van der Waals surface area contributed by atoms with E-state index in [1.54, 1.807) is 6.20 Å². The van der Waals surface area contributed by atoms with Gasteiger partial charge in [0.1, 0.15) is 0 Å². The summed E-state index contributed by atoms with van der Waals surface area (Å²) in [5.41, 5.74) is 6.58. The summed E-state index contributed by atoms with van der Waals surface area (Å²) in [5, 5.41) is 3.43. The molecule has 17 heavy (non-hydrogen) atoms. The quantitative estimate of drug-likeness (QED) is 0.821. The molecule has 1 aromatic heterocycles. The molecule has 1 aliphatic carbocycles. The molecule has 0 radical (unpaired) electrons. The lowest BCUT2D eigenvalue weighted by Crippen LogP contribution is -2.44. The number of primary amides is 1. The fourth-order valence-electron chi connectivity index (χ4n) is 2.47. The normalized spacial score (nSPS) is 24.5. The Balaban J connectivity index is 1.90. The van der Waals surface area contributed by atoms with E-state index in [2.05, 4.69) is 10.3 Å². The maximum absolute atomic E-state index is 11.3. The first-order chi connectivity index (χ1) is 8.27. The summed E-state index contributed by atoms with van der Waals surface area (Å²) in [6.45, 7) is 0.752. The predicted octanol–water partition coefficient (Wildman–Crippen LogP) is 1.22. The fraction of sp³-hybridized carbons (Fsp3) is 0.538. The SMILES string of the molecule is NC(=O)[C@@H]1CCCC[C@@H]1NCc1cccnc1. The van der Waals surface area contributed by atoms with Gasteiger partial charge in [0.15, 0.2) is 0 Å². The van der Waals surface area contributed by atoms with Crippen LogP contribution in [0.1, 0.15) is 31.2 Å². The van der Waals surface area contributed by atoms with Crippen LogP contribution in [0, 0.1) is 5.92 Å². The third-order valence-corrected chi connectivity index (χ3v) is 3.42. The highest BCUT2D eigenvalue weighted by Crippen LogP contribution is 2.24. The Kier molecular flexibility index (Phi) is 4.09. The zero-order chi connectivity index (χ0) is 12.1. The van der Waals surface area contributed by atoms with Crippen molar-refractivity contribution in [1.82, 2.24) is 10.3 Å². The lowest BCUT2D eigenvalue weighted by atomic mass is 9.84. The summed E-state index contributed by atoms with van der Waals surface area (Å²) in [5.74, 6) is -0.186. The molecular formula is C13H19N3O. The Morgan fingerprint density at radius 3 is 3.00 bits per heavy atom. The third kappa shape index (κ3) is 3.27. The summed E-state index contributed by atoms with van der Waals surface area (Å²) in [6, 6.07) is 4.17. The van der Waals surface area contributed by atoms with Crippen LogP contribution in [0.25, 0.3) is 0 Å². The zero-order valence-electron chi connectivity index (χ0n) is 9.93. The van der Waals surface area contributed by atoms with Crippen molar-refractivity contribution < 1.29 is 4.79 Å². The van der Waals surface area contributed by atoms with Gasteiger partial charge in [-0.05, 0) is 24.5 Å². The monoisotopic (exact) mass is 233 g/mol. The minimum absolute atomic E-state index is 0.0135. The Bertz CT molecular complexity index is 366. The number of amides is 1. The van der Waals surface area contributed by atoms with Gasteiger partial charge in [0.25, 0.3) is 0 Å². The number of nitrogens with zero attached hydrogens (tertiary/aromatic N) is 1. The third-order valence-electron chi connectivity index (χ3n) is 3.42. The van der Waals surface area contributed by atoms with Gasteiger partial charge in [-0.2, -0.15) is 0 Å². The number of hydrogen-bond donors (Lipinski definition) is 2. The molecule has 0 aliphatic heterocycles. The second kappa shape index (κ2) is 5.77. The van der Waals surface area contributed by atoms with Crippen LogP contribution in [0.4, 0.5) is 0 Å². The van der Waals surface area contributed by atoms with Crippen LogP contribution < -0.4 is 11.1 Å². The molecule has 2 rings (SSSR count). The fourth-order valence-corrected chi connectivity index (χ4v) is 2.47. The number of aromatic nitrogens is 1. The van der Waals surface area contributed by atoms with E-state index in [0.29, 0.717) is 0 Å². The standard InChI is InChI=1S/C13H19N3O/c14-13(17)11-5-1-2-6-12(11)16-9-10-4-3-7-15-8-10/h3-4,7-8,11-12,16H,1-2,5-6,9H2,(H2,14,17)/t11-,12+/m1/s1. The van der Waals surface area contributed by atoms with E-state index in [1.165, 1.54) is 6.42 Å². The largest absolute Gasteiger partial charge is 0.369 e. The van der Waals surface area contributed by atoms with E-state index in [4.69, 9.17) is 5.73 Å². The lowest BCUT2D eigenvalue weighted by Gasteiger charge is -2.30. The molecule has 1 aromatic rings. The summed E-state index contributed by atoms with van der Waals surface area (Å²) in [6.07, 6.45) is 7.84. The minimum atomic E-state index is -0.173. The molecule has 3 N–H and O–H groups in total. The number of hydrogen-bond acceptors (Lipinski definition) is 3. The van der Waals surface area contributed by atoms with Gasteiger partial charge in [-0.3, -0.25) is 9.78 Å². The Hall–Kier alpha value is -1.42. The molecule has 0 unspecified atom stereocenters. The van der Waals surface area contributed by atoms with Crippen LogP contribution in [0.5, 0.6) is 0 Å². The number of pyridine rings is 1. The van der Waals surface area contributed by atoms with E-state index in [1.807, 2.05) is 18.3 Å². The molecule has 1 amide bonds. The molecule has 0 spiro atoms. The summed E-state index contributed by atoms with van der Waals surface area (Å²) in [7, 11) is 0. The van der Waals surface area contributed by atoms with Gasteiger partial charge >= 0.3 is 0 Å². The molecule has 1 aliphatic rings. The van der Waals surface area contributed by atoms with Crippen LogP contribution in [0.15, 0.2) is 24.5 Å². The lowest BCUT2D eigenvalue weighted by molar-refractivity contribution is -0.123. The van der Waals surface area contributed by atoms with E-state index < -0.39 is 0 Å². The Morgan fingerprint density at radius 2 is 2.29 bits per heavy atom. The first-order valence-corrected chi connectivity index (χ1v) is 6.19. The maximum Gasteiger partial charge on any atom is 0.222 e. The number of nitrogens with one attached hydrogen (secondary N) is 1. The van der Waals surface area contributed by atoms with Crippen molar-refractivity contribution >= 4 is 5.91 Å². The number of rotatable bonds is 4. The molecule has 0 aromatic carbocycles. The van der Waals surface area contributed by atoms with Crippen LogP contribution in [0.2, 0.25) is 0 Å². The van der Waals surface area contributed by atoms with Crippen molar-refractivity contribution in [3.8, 4) is 0 Å². The Morgan fingerprint density at radius 1 is 1.47 bits per heavy atom. The van der Waals surface area contributed by atoms with Crippen LogP contribution in [0.3, 0.4) is 0 Å². The van der Waals surface area contributed by atoms with E-state index >= 15 is 0 Å². The highest BCUT2D eigenvalue weighted by Gasteiger charge is 2.28. The molecule has 1 saturated carbocycles. The molecule has 0 bridgehead atoms. The van der Waals surface area contributed by atoms with Crippen molar-refractivity contribution in [1.29, 1.82) is 0 Å². The van der Waals surface area contributed by atoms with Gasteiger partial charge < -0.3 is 11.1 Å². The number of carbonyl (C=O) groups is 1. The van der Waals surface area contributed by atoms with Crippen molar-refractivity contribution in [3.63, 3.8) is 0 Å². The number of nitrogens with two attached hydrogens (primary N) is 1. The Labute approximate surface area is 102 Å². The van der Waals surface area contributed by atoms with Gasteiger partial charge in [0, 0.05) is 25.0 Å². The summed E-state index contributed by atoms with van der Waals surface area (Å²) >= 11 is 0. The second-order valence-corrected chi connectivity index (χ2v) is 4.64.